The second-order valence-electron chi connectivity index (χ2n) is 13.0. The van der Waals surface area contributed by atoms with E-state index in [9.17, 15) is 0 Å². The summed E-state index contributed by atoms with van der Waals surface area (Å²) in [6, 6.07) is 69.2. The summed E-state index contributed by atoms with van der Waals surface area (Å²) >= 11 is 0. The summed E-state index contributed by atoms with van der Waals surface area (Å²) < 4.78 is 8.61. The van der Waals surface area contributed by atoms with E-state index in [0.717, 1.165) is 44.7 Å². The van der Waals surface area contributed by atoms with Crippen LogP contribution < -0.4 is 4.90 Å². The largest absolute Gasteiger partial charge is 0.456 e. The standard InChI is InChI=1S/C48H32N2O/c1-3-12-33(13-4-1)34-22-26-37(27-23-34)49(39-30-31-47-44(32-39)42-17-8-10-21-46(42)51-47)38-28-24-35(25-29-38)40-18-11-19-43-41-16-7-9-20-45(41)50(48(40)43)36-14-5-2-6-15-36/h1-32H. The summed E-state index contributed by atoms with van der Waals surface area (Å²) in [6.45, 7) is 0. The molecule has 0 spiro atoms. The molecule has 240 valence electrons. The number of benzene rings is 8. The van der Waals surface area contributed by atoms with Gasteiger partial charge in [-0.05, 0) is 83.4 Å². The number of furan rings is 1. The van der Waals surface area contributed by atoms with Crippen LogP contribution in [0.5, 0.6) is 0 Å². The molecule has 51 heavy (non-hydrogen) atoms. The van der Waals surface area contributed by atoms with Crippen LogP contribution in [-0.4, -0.2) is 4.57 Å². The predicted octanol–water partition coefficient (Wildman–Crippen LogP) is 13.5. The fourth-order valence-corrected chi connectivity index (χ4v) is 7.62. The molecule has 0 aliphatic rings. The average molecular weight is 653 g/mol. The number of hydrogen-bond acceptors (Lipinski definition) is 2. The quantitative estimate of drug-likeness (QED) is 0.178. The van der Waals surface area contributed by atoms with Gasteiger partial charge >= 0.3 is 0 Å². The zero-order valence-electron chi connectivity index (χ0n) is 27.8. The van der Waals surface area contributed by atoms with Gasteiger partial charge < -0.3 is 13.9 Å². The van der Waals surface area contributed by atoms with Crippen molar-refractivity contribution in [1.82, 2.24) is 4.57 Å². The number of nitrogens with zero attached hydrogens (tertiary/aromatic N) is 2. The lowest BCUT2D eigenvalue weighted by molar-refractivity contribution is 0.669. The number of aromatic nitrogens is 1. The zero-order chi connectivity index (χ0) is 33.7. The Labute approximate surface area is 295 Å². The topological polar surface area (TPSA) is 21.3 Å². The van der Waals surface area contributed by atoms with Crippen LogP contribution in [0.3, 0.4) is 0 Å². The van der Waals surface area contributed by atoms with Crippen LogP contribution in [0.15, 0.2) is 199 Å². The molecule has 10 aromatic rings. The Balaban J connectivity index is 1.13. The SMILES string of the molecule is c1ccc(-c2ccc(N(c3ccc(-c4cccc5c6ccccc6n(-c6ccccc6)c45)cc3)c3ccc4oc5ccccc5c4c3)cc2)cc1. The molecule has 0 fully saturated rings. The maximum atomic E-state index is 6.21. The first-order valence-corrected chi connectivity index (χ1v) is 17.4. The smallest absolute Gasteiger partial charge is 0.135 e. The van der Waals surface area contributed by atoms with Crippen molar-refractivity contribution in [3.05, 3.63) is 194 Å². The van der Waals surface area contributed by atoms with E-state index >= 15 is 0 Å². The van der Waals surface area contributed by atoms with Crippen molar-refractivity contribution in [1.29, 1.82) is 0 Å². The van der Waals surface area contributed by atoms with Crippen molar-refractivity contribution in [2.24, 2.45) is 0 Å². The van der Waals surface area contributed by atoms with Crippen molar-refractivity contribution >= 4 is 60.8 Å². The van der Waals surface area contributed by atoms with Gasteiger partial charge in [0.25, 0.3) is 0 Å². The molecule has 0 aliphatic heterocycles. The lowest BCUT2D eigenvalue weighted by Crippen LogP contribution is -2.09. The average Bonchev–Trinajstić information content (AvgIpc) is 3.75. The minimum Gasteiger partial charge on any atom is -0.456 e. The Kier molecular flexibility index (Phi) is 6.81. The van der Waals surface area contributed by atoms with E-state index < -0.39 is 0 Å². The highest BCUT2D eigenvalue weighted by Crippen LogP contribution is 2.42. The Morgan fingerprint density at radius 3 is 1.71 bits per heavy atom. The number of anilines is 3. The van der Waals surface area contributed by atoms with Crippen molar-refractivity contribution in [2.75, 3.05) is 4.90 Å². The summed E-state index contributed by atoms with van der Waals surface area (Å²) in [4.78, 5) is 2.33. The van der Waals surface area contributed by atoms with Gasteiger partial charge in [-0.15, -0.1) is 0 Å². The minimum atomic E-state index is 0.886. The third-order valence-electron chi connectivity index (χ3n) is 10.00. The molecule has 3 nitrogen and oxygen atoms in total. The van der Waals surface area contributed by atoms with Gasteiger partial charge in [-0.1, -0.05) is 127 Å². The van der Waals surface area contributed by atoms with E-state index in [1.807, 2.05) is 12.1 Å². The van der Waals surface area contributed by atoms with E-state index in [4.69, 9.17) is 4.42 Å². The molecular formula is C48H32N2O. The summed E-state index contributed by atoms with van der Waals surface area (Å²) in [5.41, 5.74) is 13.3. The molecular weight excluding hydrogens is 621 g/mol. The molecule has 0 unspecified atom stereocenters. The number of rotatable bonds is 6. The van der Waals surface area contributed by atoms with Gasteiger partial charge in [-0.25, -0.2) is 0 Å². The molecule has 3 heteroatoms. The second-order valence-corrected chi connectivity index (χ2v) is 13.0. The van der Waals surface area contributed by atoms with E-state index in [2.05, 4.69) is 191 Å². The van der Waals surface area contributed by atoms with Crippen LogP contribution >= 0.6 is 0 Å². The molecule has 10 rings (SSSR count). The fourth-order valence-electron chi connectivity index (χ4n) is 7.62. The van der Waals surface area contributed by atoms with Crippen molar-refractivity contribution in [3.63, 3.8) is 0 Å². The molecule has 0 atom stereocenters. The van der Waals surface area contributed by atoms with Crippen LogP contribution in [0.4, 0.5) is 17.1 Å². The summed E-state index contributed by atoms with van der Waals surface area (Å²) in [7, 11) is 0. The number of para-hydroxylation sites is 4. The van der Waals surface area contributed by atoms with Gasteiger partial charge in [-0.3, -0.25) is 0 Å². The predicted molar refractivity (Wildman–Crippen MR) is 214 cm³/mol. The highest BCUT2D eigenvalue weighted by Gasteiger charge is 2.19. The van der Waals surface area contributed by atoms with Gasteiger partial charge in [-0.2, -0.15) is 0 Å². The summed E-state index contributed by atoms with van der Waals surface area (Å²) in [5, 5.41) is 4.72. The van der Waals surface area contributed by atoms with Crippen molar-refractivity contribution in [2.45, 2.75) is 0 Å². The summed E-state index contributed by atoms with van der Waals surface area (Å²) in [6.07, 6.45) is 0. The third kappa shape index (κ3) is 4.90. The molecule has 2 aromatic heterocycles. The van der Waals surface area contributed by atoms with Crippen LogP contribution in [0.25, 0.3) is 71.7 Å². The summed E-state index contributed by atoms with van der Waals surface area (Å²) in [5.74, 6) is 0. The number of fused-ring (bicyclic) bond motifs is 6. The molecule has 2 heterocycles. The van der Waals surface area contributed by atoms with Gasteiger partial charge in [0.2, 0.25) is 0 Å². The molecule has 0 N–H and O–H groups in total. The molecule has 8 aromatic carbocycles. The van der Waals surface area contributed by atoms with Gasteiger partial charge in [0.1, 0.15) is 11.2 Å². The zero-order valence-corrected chi connectivity index (χ0v) is 27.8. The van der Waals surface area contributed by atoms with E-state index in [1.54, 1.807) is 0 Å². The monoisotopic (exact) mass is 652 g/mol. The molecule has 0 bridgehead atoms. The molecule has 0 amide bonds. The number of hydrogen-bond donors (Lipinski definition) is 0. The Morgan fingerprint density at radius 2 is 0.941 bits per heavy atom. The van der Waals surface area contributed by atoms with Crippen LogP contribution in [-0.2, 0) is 0 Å². The minimum absolute atomic E-state index is 0.886. The maximum absolute atomic E-state index is 6.21. The molecule has 0 aliphatic carbocycles. The van der Waals surface area contributed by atoms with E-state index in [-0.39, 0.29) is 0 Å². The van der Waals surface area contributed by atoms with Gasteiger partial charge in [0, 0.05) is 49.9 Å². The Morgan fingerprint density at radius 1 is 0.373 bits per heavy atom. The molecule has 0 saturated carbocycles. The first kappa shape index (κ1) is 29.1. The first-order valence-electron chi connectivity index (χ1n) is 17.4. The normalized spacial score (nSPS) is 11.5. The van der Waals surface area contributed by atoms with Crippen molar-refractivity contribution < 1.29 is 4.42 Å². The lowest BCUT2D eigenvalue weighted by Gasteiger charge is -2.26. The maximum Gasteiger partial charge on any atom is 0.135 e. The molecule has 0 saturated heterocycles. The Hall–Kier alpha value is -6.84. The molecule has 0 radical (unpaired) electrons. The Bertz CT molecular complexity index is 2830. The first-order chi connectivity index (χ1) is 25.3. The second kappa shape index (κ2) is 11.9. The van der Waals surface area contributed by atoms with Crippen LogP contribution in [0, 0.1) is 0 Å². The van der Waals surface area contributed by atoms with E-state index in [1.165, 1.54) is 44.1 Å². The van der Waals surface area contributed by atoms with Crippen LogP contribution in [0.1, 0.15) is 0 Å². The van der Waals surface area contributed by atoms with Crippen molar-refractivity contribution in [3.8, 4) is 27.9 Å². The lowest BCUT2D eigenvalue weighted by atomic mass is 10.0. The third-order valence-corrected chi connectivity index (χ3v) is 10.00. The van der Waals surface area contributed by atoms with E-state index in [0.29, 0.717) is 0 Å². The van der Waals surface area contributed by atoms with Gasteiger partial charge in [0.05, 0.1) is 11.0 Å². The highest BCUT2D eigenvalue weighted by atomic mass is 16.3. The highest BCUT2D eigenvalue weighted by molar-refractivity contribution is 6.14. The van der Waals surface area contributed by atoms with Crippen LogP contribution in [0.2, 0.25) is 0 Å². The van der Waals surface area contributed by atoms with Gasteiger partial charge in [0.15, 0.2) is 0 Å². The fraction of sp³-hybridized carbons (Fsp3) is 0.